The number of carbonyl (C=O) groups is 2. The summed E-state index contributed by atoms with van der Waals surface area (Å²) < 4.78 is 0. The van der Waals surface area contributed by atoms with Crippen molar-refractivity contribution in [3.63, 3.8) is 0 Å². The Morgan fingerprint density at radius 1 is 0.913 bits per heavy atom. The number of carboxylic acids is 1. The Morgan fingerprint density at radius 2 is 1.43 bits per heavy atom. The lowest BCUT2D eigenvalue weighted by Gasteiger charge is -2.05. The average Bonchev–Trinajstić information content (AvgIpc) is 2.36. The Hall–Kier alpha value is -1.64. The van der Waals surface area contributed by atoms with Gasteiger partial charge in [-0.15, -0.1) is 0 Å². The van der Waals surface area contributed by atoms with Gasteiger partial charge in [0.05, 0.1) is 0 Å². The quantitative estimate of drug-likeness (QED) is 0.405. The first-order valence-corrected chi connectivity index (χ1v) is 8.43. The first-order chi connectivity index (χ1) is 10.7. The molecule has 0 radical (unpaired) electrons. The average molecular weight is 320 g/mol. The number of hydrogen-bond acceptors (Lipinski definition) is 2. The van der Waals surface area contributed by atoms with Gasteiger partial charge in [-0.2, -0.15) is 0 Å². The SMILES string of the molecule is CC(=CCCC(C)=CC(=O)O)CCC=C(C)CC(=O)CC(C)C. The highest BCUT2D eigenvalue weighted by Gasteiger charge is 2.05. The van der Waals surface area contributed by atoms with E-state index in [1.807, 2.05) is 13.8 Å². The van der Waals surface area contributed by atoms with Gasteiger partial charge in [-0.3, -0.25) is 4.79 Å². The van der Waals surface area contributed by atoms with E-state index in [1.54, 1.807) is 0 Å². The minimum Gasteiger partial charge on any atom is -0.478 e. The Balaban J connectivity index is 4.10. The molecule has 0 heterocycles. The van der Waals surface area contributed by atoms with Crippen LogP contribution in [0.1, 0.15) is 73.1 Å². The van der Waals surface area contributed by atoms with Gasteiger partial charge in [-0.1, -0.05) is 42.7 Å². The van der Waals surface area contributed by atoms with E-state index in [2.05, 4.69) is 32.9 Å². The van der Waals surface area contributed by atoms with E-state index < -0.39 is 5.97 Å². The number of allylic oxidation sites excluding steroid dienone is 5. The maximum atomic E-state index is 11.7. The molecule has 0 saturated heterocycles. The molecule has 0 aromatic heterocycles. The second-order valence-electron chi connectivity index (χ2n) is 6.82. The third-order valence-corrected chi connectivity index (χ3v) is 3.54. The summed E-state index contributed by atoms with van der Waals surface area (Å²) in [6, 6.07) is 0. The molecule has 1 N–H and O–H groups in total. The largest absolute Gasteiger partial charge is 0.478 e. The van der Waals surface area contributed by atoms with Gasteiger partial charge in [0, 0.05) is 18.9 Å². The molecule has 0 fully saturated rings. The highest BCUT2D eigenvalue weighted by atomic mass is 16.4. The molecule has 0 amide bonds. The molecular formula is C20H32O3. The third-order valence-electron chi connectivity index (χ3n) is 3.54. The number of aliphatic carboxylic acids is 1. The number of rotatable bonds is 11. The van der Waals surface area contributed by atoms with Crippen molar-refractivity contribution in [1.29, 1.82) is 0 Å². The number of carboxylic acid groups (broad SMARTS) is 1. The van der Waals surface area contributed by atoms with Gasteiger partial charge in [-0.05, 0) is 52.4 Å². The van der Waals surface area contributed by atoms with Crippen LogP contribution in [0.3, 0.4) is 0 Å². The fourth-order valence-electron chi connectivity index (χ4n) is 2.39. The van der Waals surface area contributed by atoms with Crippen LogP contribution in [0, 0.1) is 5.92 Å². The molecule has 0 bridgehead atoms. The normalized spacial score (nSPS) is 13.6. The van der Waals surface area contributed by atoms with E-state index >= 15 is 0 Å². The molecule has 130 valence electrons. The molecule has 0 rings (SSSR count). The summed E-state index contributed by atoms with van der Waals surface area (Å²) in [5, 5.41) is 8.65. The molecule has 23 heavy (non-hydrogen) atoms. The van der Waals surface area contributed by atoms with Gasteiger partial charge in [0.2, 0.25) is 0 Å². The monoisotopic (exact) mass is 320 g/mol. The van der Waals surface area contributed by atoms with Crippen molar-refractivity contribution in [2.75, 3.05) is 0 Å². The van der Waals surface area contributed by atoms with Crippen molar-refractivity contribution in [3.8, 4) is 0 Å². The predicted molar refractivity (Wildman–Crippen MR) is 96.5 cm³/mol. The van der Waals surface area contributed by atoms with E-state index in [0.717, 1.165) is 36.8 Å². The minimum absolute atomic E-state index is 0.321. The summed E-state index contributed by atoms with van der Waals surface area (Å²) in [4.78, 5) is 22.3. The van der Waals surface area contributed by atoms with E-state index in [0.29, 0.717) is 24.5 Å². The Bertz CT molecular complexity index is 479. The lowest BCUT2D eigenvalue weighted by atomic mass is 10.0. The lowest BCUT2D eigenvalue weighted by molar-refractivity contribution is -0.131. The van der Waals surface area contributed by atoms with Crippen molar-refractivity contribution in [2.24, 2.45) is 5.92 Å². The van der Waals surface area contributed by atoms with Crippen molar-refractivity contribution in [2.45, 2.75) is 73.1 Å². The van der Waals surface area contributed by atoms with Crippen molar-refractivity contribution in [3.05, 3.63) is 34.9 Å². The third kappa shape index (κ3) is 13.7. The van der Waals surface area contributed by atoms with Crippen LogP contribution in [0.25, 0.3) is 0 Å². The fourth-order valence-corrected chi connectivity index (χ4v) is 2.39. The van der Waals surface area contributed by atoms with E-state index in [-0.39, 0.29) is 0 Å². The summed E-state index contributed by atoms with van der Waals surface area (Å²) in [5.74, 6) is -0.128. The number of ketones is 1. The Kier molecular flexibility index (Phi) is 11.0. The second kappa shape index (κ2) is 11.9. The molecular weight excluding hydrogens is 288 g/mol. The van der Waals surface area contributed by atoms with Crippen molar-refractivity contribution < 1.29 is 14.7 Å². The summed E-state index contributed by atoms with van der Waals surface area (Å²) in [6.45, 7) is 10.1. The Labute approximate surface area is 141 Å². The van der Waals surface area contributed by atoms with E-state index in [1.165, 1.54) is 11.6 Å². The summed E-state index contributed by atoms with van der Waals surface area (Å²) in [6.07, 6.45) is 10.4. The molecule has 3 heteroatoms. The molecule has 0 spiro atoms. The molecule has 0 aromatic carbocycles. The summed E-state index contributed by atoms with van der Waals surface area (Å²) in [7, 11) is 0. The van der Waals surface area contributed by atoms with Gasteiger partial charge in [-0.25, -0.2) is 4.79 Å². The zero-order valence-electron chi connectivity index (χ0n) is 15.3. The molecule has 0 aliphatic heterocycles. The van der Waals surface area contributed by atoms with Crippen LogP contribution in [0.15, 0.2) is 34.9 Å². The first kappa shape index (κ1) is 21.4. The maximum Gasteiger partial charge on any atom is 0.328 e. The molecule has 3 nitrogen and oxygen atoms in total. The molecule has 0 saturated carbocycles. The minimum atomic E-state index is -0.879. The number of Topliss-reactive ketones (excluding diaryl/α,β-unsaturated/α-hetero) is 1. The molecule has 0 aromatic rings. The maximum absolute atomic E-state index is 11.7. The number of carbonyl (C=O) groups excluding carboxylic acids is 1. The van der Waals surface area contributed by atoms with E-state index in [9.17, 15) is 9.59 Å². The molecule has 0 aliphatic carbocycles. The van der Waals surface area contributed by atoms with Gasteiger partial charge >= 0.3 is 5.97 Å². The Morgan fingerprint density at radius 3 is 1.96 bits per heavy atom. The van der Waals surface area contributed by atoms with Gasteiger partial charge in [0.15, 0.2) is 0 Å². The van der Waals surface area contributed by atoms with Crippen LogP contribution in [-0.2, 0) is 9.59 Å². The smallest absolute Gasteiger partial charge is 0.328 e. The second-order valence-corrected chi connectivity index (χ2v) is 6.82. The zero-order valence-corrected chi connectivity index (χ0v) is 15.3. The van der Waals surface area contributed by atoms with Gasteiger partial charge < -0.3 is 5.11 Å². The summed E-state index contributed by atoms with van der Waals surface area (Å²) >= 11 is 0. The summed E-state index contributed by atoms with van der Waals surface area (Å²) in [5.41, 5.74) is 3.36. The predicted octanol–water partition coefficient (Wildman–Crippen LogP) is 5.48. The fraction of sp³-hybridized carbons (Fsp3) is 0.600. The lowest BCUT2D eigenvalue weighted by Crippen LogP contribution is -2.02. The topological polar surface area (TPSA) is 54.4 Å². The van der Waals surface area contributed by atoms with Gasteiger partial charge in [0.25, 0.3) is 0 Å². The van der Waals surface area contributed by atoms with Crippen LogP contribution < -0.4 is 0 Å². The van der Waals surface area contributed by atoms with Gasteiger partial charge in [0.1, 0.15) is 5.78 Å². The highest BCUT2D eigenvalue weighted by molar-refractivity contribution is 5.81. The van der Waals surface area contributed by atoms with Crippen molar-refractivity contribution >= 4 is 11.8 Å². The molecule has 0 aliphatic rings. The molecule has 0 unspecified atom stereocenters. The standard InChI is InChI=1S/C20H32O3/c1-15(2)12-19(21)13-17(4)10-6-8-16(3)9-7-11-18(5)14-20(22)23/h9-10,14-15H,6-8,11-13H2,1-5H3,(H,22,23). The van der Waals surface area contributed by atoms with Crippen LogP contribution >= 0.6 is 0 Å². The van der Waals surface area contributed by atoms with Crippen molar-refractivity contribution in [1.82, 2.24) is 0 Å². The molecule has 0 atom stereocenters. The van der Waals surface area contributed by atoms with Crippen LogP contribution in [0.2, 0.25) is 0 Å². The zero-order chi connectivity index (χ0) is 17.8. The van der Waals surface area contributed by atoms with Crippen LogP contribution in [0.5, 0.6) is 0 Å². The van der Waals surface area contributed by atoms with E-state index in [4.69, 9.17) is 5.11 Å². The highest BCUT2D eigenvalue weighted by Crippen LogP contribution is 2.13. The number of hydrogen-bond donors (Lipinski definition) is 1. The van der Waals surface area contributed by atoms with Crippen LogP contribution in [0.4, 0.5) is 0 Å². The van der Waals surface area contributed by atoms with Crippen LogP contribution in [-0.4, -0.2) is 16.9 Å². The first-order valence-electron chi connectivity index (χ1n) is 8.43.